The molecule has 0 atom stereocenters. The fourth-order valence-electron chi connectivity index (χ4n) is 3.13. The summed E-state index contributed by atoms with van der Waals surface area (Å²) in [6, 6.07) is 16.8. The highest BCUT2D eigenvalue weighted by molar-refractivity contribution is 7.80. The van der Waals surface area contributed by atoms with E-state index in [9.17, 15) is 0 Å². The molecule has 138 valence electrons. The van der Waals surface area contributed by atoms with Crippen molar-refractivity contribution in [3.63, 3.8) is 0 Å². The van der Waals surface area contributed by atoms with Crippen molar-refractivity contribution in [3.8, 4) is 5.75 Å². The Morgan fingerprint density at radius 2 is 1.73 bits per heavy atom. The van der Waals surface area contributed by atoms with E-state index < -0.39 is 0 Å². The van der Waals surface area contributed by atoms with Gasteiger partial charge in [-0.15, -0.1) is 0 Å². The molecular weight excluding hydrogens is 342 g/mol. The minimum absolute atomic E-state index is 0.542. The molecule has 5 heteroatoms. The van der Waals surface area contributed by atoms with E-state index in [4.69, 9.17) is 17.0 Å². The minimum atomic E-state index is 0.542. The lowest BCUT2D eigenvalue weighted by Gasteiger charge is -2.37. The zero-order valence-electron chi connectivity index (χ0n) is 15.7. The predicted molar refractivity (Wildman–Crippen MR) is 114 cm³/mol. The van der Waals surface area contributed by atoms with Crippen molar-refractivity contribution < 1.29 is 4.74 Å². The van der Waals surface area contributed by atoms with Gasteiger partial charge in [0.25, 0.3) is 0 Å². The van der Waals surface area contributed by atoms with Gasteiger partial charge in [0.15, 0.2) is 5.11 Å². The SMILES string of the molecule is COc1cccc(N2CCN(C(=S)Nc3ccc(C(C)C)cc3)CC2)c1. The lowest BCUT2D eigenvalue weighted by Crippen LogP contribution is -2.50. The highest BCUT2D eigenvalue weighted by atomic mass is 32.1. The van der Waals surface area contributed by atoms with Crippen LogP contribution in [0.25, 0.3) is 0 Å². The van der Waals surface area contributed by atoms with Crippen molar-refractivity contribution in [1.82, 2.24) is 4.90 Å². The maximum absolute atomic E-state index is 5.61. The van der Waals surface area contributed by atoms with Crippen molar-refractivity contribution in [2.24, 2.45) is 0 Å². The Morgan fingerprint density at radius 1 is 1.04 bits per heavy atom. The predicted octanol–water partition coefficient (Wildman–Crippen LogP) is 4.34. The number of anilines is 2. The lowest BCUT2D eigenvalue weighted by atomic mass is 10.0. The number of hydrogen-bond donors (Lipinski definition) is 1. The summed E-state index contributed by atoms with van der Waals surface area (Å²) in [6.45, 7) is 8.12. The summed E-state index contributed by atoms with van der Waals surface area (Å²) in [5, 5.41) is 4.17. The summed E-state index contributed by atoms with van der Waals surface area (Å²) >= 11 is 5.61. The summed E-state index contributed by atoms with van der Waals surface area (Å²) in [4.78, 5) is 4.61. The van der Waals surface area contributed by atoms with E-state index in [-0.39, 0.29) is 0 Å². The monoisotopic (exact) mass is 369 g/mol. The Morgan fingerprint density at radius 3 is 2.35 bits per heavy atom. The smallest absolute Gasteiger partial charge is 0.173 e. The van der Waals surface area contributed by atoms with E-state index in [0.717, 1.165) is 42.7 Å². The molecule has 1 saturated heterocycles. The first-order chi connectivity index (χ1) is 12.6. The Labute approximate surface area is 161 Å². The number of ether oxygens (including phenoxy) is 1. The molecule has 26 heavy (non-hydrogen) atoms. The summed E-state index contributed by atoms with van der Waals surface area (Å²) in [6.07, 6.45) is 0. The average Bonchev–Trinajstić information content (AvgIpc) is 2.68. The largest absolute Gasteiger partial charge is 0.497 e. The molecule has 1 N–H and O–H groups in total. The number of rotatable bonds is 4. The molecule has 0 bridgehead atoms. The number of nitrogens with zero attached hydrogens (tertiary/aromatic N) is 2. The molecule has 2 aromatic rings. The highest BCUT2D eigenvalue weighted by Gasteiger charge is 2.19. The zero-order valence-corrected chi connectivity index (χ0v) is 16.6. The molecule has 1 aliphatic rings. The first-order valence-corrected chi connectivity index (χ1v) is 9.52. The van der Waals surface area contributed by atoms with E-state index in [2.05, 4.69) is 65.4 Å². The van der Waals surface area contributed by atoms with Crippen LogP contribution in [0, 0.1) is 0 Å². The Bertz CT molecular complexity index is 737. The third kappa shape index (κ3) is 4.47. The van der Waals surface area contributed by atoms with Crippen LogP contribution >= 0.6 is 12.2 Å². The second-order valence-electron chi connectivity index (χ2n) is 6.88. The van der Waals surface area contributed by atoms with Crippen LogP contribution in [0.4, 0.5) is 11.4 Å². The van der Waals surface area contributed by atoms with Crippen LogP contribution < -0.4 is 15.0 Å². The molecule has 2 aromatic carbocycles. The molecule has 1 heterocycles. The Hall–Kier alpha value is -2.27. The molecular formula is C21H27N3OS. The van der Waals surface area contributed by atoms with Crippen LogP contribution in [0.1, 0.15) is 25.3 Å². The molecule has 4 nitrogen and oxygen atoms in total. The third-order valence-corrected chi connectivity index (χ3v) is 5.17. The fourth-order valence-corrected chi connectivity index (χ4v) is 3.43. The first-order valence-electron chi connectivity index (χ1n) is 9.11. The summed E-state index contributed by atoms with van der Waals surface area (Å²) in [5.74, 6) is 1.44. The normalized spacial score (nSPS) is 14.5. The second kappa shape index (κ2) is 8.41. The molecule has 0 saturated carbocycles. The summed E-state index contributed by atoms with van der Waals surface area (Å²) < 4.78 is 5.33. The quantitative estimate of drug-likeness (QED) is 0.810. The molecule has 0 aromatic heterocycles. The summed E-state index contributed by atoms with van der Waals surface area (Å²) in [5.41, 5.74) is 3.59. The molecule has 1 aliphatic heterocycles. The Balaban J connectivity index is 1.54. The van der Waals surface area contributed by atoms with E-state index >= 15 is 0 Å². The van der Waals surface area contributed by atoms with Crippen LogP contribution in [-0.2, 0) is 0 Å². The molecule has 0 aliphatic carbocycles. The van der Waals surface area contributed by atoms with Gasteiger partial charge in [-0.1, -0.05) is 32.0 Å². The molecule has 0 radical (unpaired) electrons. The number of piperazine rings is 1. The fraction of sp³-hybridized carbons (Fsp3) is 0.381. The third-order valence-electron chi connectivity index (χ3n) is 4.81. The standard InChI is InChI=1S/C21H27N3OS/c1-16(2)17-7-9-18(10-8-17)22-21(26)24-13-11-23(12-14-24)19-5-4-6-20(15-19)25-3/h4-10,15-16H,11-14H2,1-3H3,(H,22,26). The first kappa shape index (κ1) is 18.5. The van der Waals surface area contributed by atoms with Gasteiger partial charge in [-0.2, -0.15) is 0 Å². The van der Waals surface area contributed by atoms with E-state index in [0.29, 0.717) is 5.92 Å². The second-order valence-corrected chi connectivity index (χ2v) is 7.27. The van der Waals surface area contributed by atoms with Crippen molar-refractivity contribution in [2.75, 3.05) is 43.5 Å². The van der Waals surface area contributed by atoms with Crippen LogP contribution in [0.15, 0.2) is 48.5 Å². The summed E-state index contributed by atoms with van der Waals surface area (Å²) in [7, 11) is 1.70. The lowest BCUT2D eigenvalue weighted by molar-refractivity contribution is 0.389. The van der Waals surface area contributed by atoms with Crippen LogP contribution in [0.2, 0.25) is 0 Å². The Kier molecular flexibility index (Phi) is 5.99. The van der Waals surface area contributed by atoms with Gasteiger partial charge >= 0.3 is 0 Å². The number of nitrogens with one attached hydrogen (secondary N) is 1. The molecule has 0 unspecified atom stereocenters. The maximum atomic E-state index is 5.61. The number of benzene rings is 2. The van der Waals surface area contributed by atoms with Crippen molar-refractivity contribution in [2.45, 2.75) is 19.8 Å². The van der Waals surface area contributed by atoms with Crippen molar-refractivity contribution in [3.05, 3.63) is 54.1 Å². The van der Waals surface area contributed by atoms with Crippen molar-refractivity contribution in [1.29, 1.82) is 0 Å². The van der Waals surface area contributed by atoms with Gasteiger partial charge < -0.3 is 19.9 Å². The van der Waals surface area contributed by atoms with E-state index in [1.807, 2.05) is 12.1 Å². The van der Waals surface area contributed by atoms with Gasteiger partial charge in [-0.25, -0.2) is 0 Å². The van der Waals surface area contributed by atoms with Gasteiger partial charge in [-0.05, 0) is 48.0 Å². The number of methoxy groups -OCH3 is 1. The maximum Gasteiger partial charge on any atom is 0.173 e. The van der Waals surface area contributed by atoms with Gasteiger partial charge in [0.2, 0.25) is 0 Å². The molecule has 1 fully saturated rings. The van der Waals surface area contributed by atoms with Gasteiger partial charge in [-0.3, -0.25) is 0 Å². The van der Waals surface area contributed by atoms with Crippen LogP contribution in [0.5, 0.6) is 5.75 Å². The average molecular weight is 370 g/mol. The highest BCUT2D eigenvalue weighted by Crippen LogP contribution is 2.22. The van der Waals surface area contributed by atoms with Gasteiger partial charge in [0.1, 0.15) is 5.75 Å². The van der Waals surface area contributed by atoms with E-state index in [1.165, 1.54) is 11.3 Å². The number of thiocarbonyl (C=S) groups is 1. The zero-order chi connectivity index (χ0) is 18.5. The van der Waals surface area contributed by atoms with Gasteiger partial charge in [0.05, 0.1) is 7.11 Å². The van der Waals surface area contributed by atoms with Crippen molar-refractivity contribution >= 4 is 28.7 Å². The van der Waals surface area contributed by atoms with Crippen LogP contribution in [-0.4, -0.2) is 43.3 Å². The molecule has 3 rings (SSSR count). The van der Waals surface area contributed by atoms with E-state index in [1.54, 1.807) is 7.11 Å². The molecule has 0 amide bonds. The minimum Gasteiger partial charge on any atom is -0.497 e. The topological polar surface area (TPSA) is 27.7 Å². The van der Waals surface area contributed by atoms with Gasteiger partial charge in [0, 0.05) is 43.6 Å². The molecule has 0 spiro atoms. The number of hydrogen-bond acceptors (Lipinski definition) is 3. The van der Waals surface area contributed by atoms with Crippen LogP contribution in [0.3, 0.4) is 0 Å².